The van der Waals surface area contributed by atoms with Crippen molar-refractivity contribution in [3.05, 3.63) is 92.8 Å². The zero-order valence-electron chi connectivity index (χ0n) is 18.6. The van der Waals surface area contributed by atoms with Crippen LogP contribution < -0.4 is 10.0 Å². The summed E-state index contributed by atoms with van der Waals surface area (Å²) in [5, 5.41) is 4.90. The first-order valence-corrected chi connectivity index (χ1v) is 13.8. The summed E-state index contributed by atoms with van der Waals surface area (Å²) in [6, 6.07) is 20.1. The summed E-state index contributed by atoms with van der Waals surface area (Å²) in [6.45, 7) is 4.17. The van der Waals surface area contributed by atoms with Crippen molar-refractivity contribution in [1.82, 2.24) is 0 Å². The molecular formula is C25H22Cl2N2O3S2. The molecular weight excluding hydrogens is 511 g/mol. The van der Waals surface area contributed by atoms with Gasteiger partial charge in [-0.2, -0.15) is 0 Å². The summed E-state index contributed by atoms with van der Waals surface area (Å²) in [5.41, 5.74) is 2.69. The first-order valence-electron chi connectivity index (χ1n) is 10.3. The maximum Gasteiger partial charge on any atom is 0.265 e. The third kappa shape index (κ3) is 5.55. The van der Waals surface area contributed by atoms with Crippen LogP contribution in [0.2, 0.25) is 10.0 Å². The number of amides is 1. The number of hydrogen-bond donors (Lipinski definition) is 2. The highest BCUT2D eigenvalue weighted by Gasteiger charge is 2.24. The number of hydrogen-bond acceptors (Lipinski definition) is 4. The number of halogens is 2. The quantitative estimate of drug-likeness (QED) is 0.276. The molecule has 0 spiro atoms. The van der Waals surface area contributed by atoms with Crippen LogP contribution in [-0.4, -0.2) is 20.6 Å². The first kappa shape index (κ1) is 24.5. The predicted molar refractivity (Wildman–Crippen MR) is 143 cm³/mol. The molecule has 0 aliphatic heterocycles. The maximum absolute atomic E-state index is 13.0. The minimum atomic E-state index is -3.38. The lowest BCUT2D eigenvalue weighted by Gasteiger charge is -2.27. The summed E-state index contributed by atoms with van der Waals surface area (Å²) in [5.74, 6) is -0.267. The molecule has 34 heavy (non-hydrogen) atoms. The fourth-order valence-electron chi connectivity index (χ4n) is 3.68. The number of sulfonamides is 1. The van der Waals surface area contributed by atoms with Gasteiger partial charge in [0, 0.05) is 31.5 Å². The molecule has 5 nitrogen and oxygen atoms in total. The van der Waals surface area contributed by atoms with Crippen LogP contribution in [0.15, 0.2) is 66.7 Å². The second-order valence-electron chi connectivity index (χ2n) is 8.55. The average molecular weight is 534 g/mol. The molecule has 9 heteroatoms. The van der Waals surface area contributed by atoms with Crippen LogP contribution in [0, 0.1) is 0 Å². The number of carbonyl (C=O) groups is 1. The van der Waals surface area contributed by atoms with Crippen molar-refractivity contribution in [2.24, 2.45) is 0 Å². The van der Waals surface area contributed by atoms with Crippen molar-refractivity contribution in [2.75, 3.05) is 16.3 Å². The molecule has 0 atom stereocenters. The van der Waals surface area contributed by atoms with E-state index in [1.54, 1.807) is 30.3 Å². The zero-order valence-corrected chi connectivity index (χ0v) is 21.8. The van der Waals surface area contributed by atoms with Gasteiger partial charge in [-0.3, -0.25) is 9.52 Å². The molecule has 2 N–H and O–H groups in total. The molecule has 0 aliphatic carbocycles. The van der Waals surface area contributed by atoms with Crippen LogP contribution in [0.25, 0.3) is 10.1 Å². The molecule has 4 rings (SSSR count). The van der Waals surface area contributed by atoms with E-state index in [-0.39, 0.29) is 11.3 Å². The summed E-state index contributed by atoms with van der Waals surface area (Å²) < 4.78 is 26.3. The van der Waals surface area contributed by atoms with Gasteiger partial charge in [-0.1, -0.05) is 49.2 Å². The van der Waals surface area contributed by atoms with Gasteiger partial charge < -0.3 is 5.32 Å². The number of fused-ring (bicyclic) bond motifs is 1. The number of carbonyl (C=O) groups excluding carboxylic acids is 1. The Morgan fingerprint density at radius 3 is 2.24 bits per heavy atom. The van der Waals surface area contributed by atoms with E-state index in [2.05, 4.69) is 23.9 Å². The maximum atomic E-state index is 13.0. The van der Waals surface area contributed by atoms with Gasteiger partial charge >= 0.3 is 0 Å². The summed E-state index contributed by atoms with van der Waals surface area (Å²) in [6.07, 6.45) is 1.09. The highest BCUT2D eigenvalue weighted by Crippen LogP contribution is 2.36. The van der Waals surface area contributed by atoms with E-state index in [0.717, 1.165) is 27.5 Å². The second kappa shape index (κ2) is 9.23. The Morgan fingerprint density at radius 2 is 1.56 bits per heavy atom. The number of nitrogens with one attached hydrogen (secondary N) is 2. The standard InChI is InChI=1S/C25H22Cl2N2O3S2/c1-25(2,16-4-6-18(26)7-5-16)17-12-19(27)14-21(13-17)28-24(30)23-11-15-10-20(29-34(3,31)32)8-9-22(15)33-23/h4-14,29H,1-3H3,(H,28,30). The van der Waals surface area contributed by atoms with Gasteiger partial charge in [0.15, 0.2) is 0 Å². The minimum absolute atomic E-state index is 0.267. The Balaban J connectivity index is 1.60. The lowest BCUT2D eigenvalue weighted by molar-refractivity contribution is 0.103. The van der Waals surface area contributed by atoms with E-state index < -0.39 is 10.0 Å². The van der Waals surface area contributed by atoms with Gasteiger partial charge in [0.25, 0.3) is 5.91 Å². The number of benzene rings is 3. The molecule has 1 aromatic heterocycles. The largest absolute Gasteiger partial charge is 0.321 e. The van der Waals surface area contributed by atoms with Crippen LogP contribution >= 0.6 is 34.5 Å². The van der Waals surface area contributed by atoms with Crippen LogP contribution in [0.5, 0.6) is 0 Å². The zero-order chi connectivity index (χ0) is 24.7. The van der Waals surface area contributed by atoms with E-state index in [9.17, 15) is 13.2 Å². The Hall–Kier alpha value is -2.58. The van der Waals surface area contributed by atoms with Gasteiger partial charge in [-0.05, 0) is 71.1 Å². The van der Waals surface area contributed by atoms with Gasteiger partial charge in [0.05, 0.1) is 11.1 Å². The fourth-order valence-corrected chi connectivity index (χ4v) is 5.54. The Morgan fingerprint density at radius 1 is 0.853 bits per heavy atom. The van der Waals surface area contributed by atoms with E-state index in [4.69, 9.17) is 23.2 Å². The van der Waals surface area contributed by atoms with Crippen molar-refractivity contribution in [3.63, 3.8) is 0 Å². The summed E-state index contributed by atoms with van der Waals surface area (Å²) in [7, 11) is -3.38. The van der Waals surface area contributed by atoms with Gasteiger partial charge in [-0.25, -0.2) is 8.42 Å². The predicted octanol–water partition coefficient (Wildman–Crippen LogP) is 7.16. The van der Waals surface area contributed by atoms with E-state index in [1.807, 2.05) is 36.4 Å². The Bertz CT molecular complexity index is 1490. The van der Waals surface area contributed by atoms with Gasteiger partial charge in [0.2, 0.25) is 10.0 Å². The number of rotatable bonds is 6. The van der Waals surface area contributed by atoms with Crippen molar-refractivity contribution in [1.29, 1.82) is 0 Å². The van der Waals surface area contributed by atoms with E-state index >= 15 is 0 Å². The van der Waals surface area contributed by atoms with Crippen LogP contribution in [0.4, 0.5) is 11.4 Å². The Labute approximate surface area is 212 Å². The molecule has 0 unspecified atom stereocenters. The molecule has 0 saturated heterocycles. The van der Waals surface area contributed by atoms with E-state index in [0.29, 0.717) is 26.3 Å². The third-order valence-electron chi connectivity index (χ3n) is 5.49. The minimum Gasteiger partial charge on any atom is -0.321 e. The molecule has 0 aliphatic rings. The number of thiophene rings is 1. The molecule has 4 aromatic rings. The first-order chi connectivity index (χ1) is 15.9. The normalized spacial score (nSPS) is 12.0. The van der Waals surface area contributed by atoms with Crippen molar-refractivity contribution >= 4 is 71.9 Å². The van der Waals surface area contributed by atoms with Gasteiger partial charge in [-0.15, -0.1) is 11.3 Å². The third-order valence-corrected chi connectivity index (χ3v) is 7.68. The highest BCUT2D eigenvalue weighted by molar-refractivity contribution is 7.92. The molecule has 0 saturated carbocycles. The van der Waals surface area contributed by atoms with Crippen LogP contribution in [-0.2, 0) is 15.4 Å². The monoisotopic (exact) mass is 532 g/mol. The SMILES string of the molecule is CC(C)(c1ccc(Cl)cc1)c1cc(Cl)cc(NC(=O)c2cc3cc(NS(C)(=O)=O)ccc3s2)c1. The van der Waals surface area contributed by atoms with Crippen molar-refractivity contribution in [3.8, 4) is 0 Å². The molecule has 3 aromatic carbocycles. The summed E-state index contributed by atoms with van der Waals surface area (Å²) >= 11 is 13.8. The molecule has 0 radical (unpaired) electrons. The second-order valence-corrected chi connectivity index (χ2v) is 12.3. The molecule has 0 bridgehead atoms. The Kier molecular flexibility index (Phi) is 6.66. The van der Waals surface area contributed by atoms with Crippen molar-refractivity contribution in [2.45, 2.75) is 19.3 Å². The molecule has 1 amide bonds. The highest BCUT2D eigenvalue weighted by atomic mass is 35.5. The fraction of sp³-hybridized carbons (Fsp3) is 0.160. The molecule has 176 valence electrons. The van der Waals surface area contributed by atoms with Crippen LogP contribution in [0.1, 0.15) is 34.6 Å². The van der Waals surface area contributed by atoms with Crippen molar-refractivity contribution < 1.29 is 13.2 Å². The number of anilines is 2. The molecule has 1 heterocycles. The molecule has 0 fully saturated rings. The average Bonchev–Trinajstić information content (AvgIpc) is 3.16. The smallest absolute Gasteiger partial charge is 0.265 e. The lowest BCUT2D eigenvalue weighted by atomic mass is 9.78. The van der Waals surface area contributed by atoms with Gasteiger partial charge in [0.1, 0.15) is 0 Å². The van der Waals surface area contributed by atoms with Crippen LogP contribution in [0.3, 0.4) is 0 Å². The lowest BCUT2D eigenvalue weighted by Crippen LogP contribution is -2.19. The topological polar surface area (TPSA) is 75.3 Å². The van der Waals surface area contributed by atoms with E-state index in [1.165, 1.54) is 11.3 Å². The summed E-state index contributed by atoms with van der Waals surface area (Å²) in [4.78, 5) is 13.5.